The Kier molecular flexibility index (Phi) is 6.38. The first-order valence-electron chi connectivity index (χ1n) is 8.91. The van der Waals surface area contributed by atoms with Crippen molar-refractivity contribution in [1.29, 1.82) is 0 Å². The highest BCUT2D eigenvalue weighted by atomic mass is 32.2. The number of nitrogens with zero attached hydrogens (tertiary/aromatic N) is 4. The lowest BCUT2D eigenvalue weighted by Crippen LogP contribution is -2.38. The molecule has 2 aromatic rings. The number of anilines is 1. The van der Waals surface area contributed by atoms with E-state index in [1.807, 2.05) is 16.7 Å². The van der Waals surface area contributed by atoms with Gasteiger partial charge in [-0.2, -0.15) is 0 Å². The summed E-state index contributed by atoms with van der Waals surface area (Å²) in [6, 6.07) is 3.21. The van der Waals surface area contributed by atoms with Gasteiger partial charge in [0.2, 0.25) is 11.9 Å². The molecule has 1 saturated heterocycles. The number of hydrogen-bond acceptors (Lipinski definition) is 7. The number of piperidine rings is 1. The fourth-order valence-electron chi connectivity index (χ4n) is 3.04. The summed E-state index contributed by atoms with van der Waals surface area (Å²) in [6.07, 6.45) is 3.96. The van der Waals surface area contributed by atoms with Crippen LogP contribution in [0.15, 0.2) is 28.0 Å². The first-order chi connectivity index (χ1) is 13.1. The lowest BCUT2D eigenvalue weighted by Gasteiger charge is -2.31. The van der Waals surface area contributed by atoms with Gasteiger partial charge in [-0.05, 0) is 30.9 Å². The minimum atomic E-state index is -0.527. The molecule has 146 valence electrons. The number of amides is 3. The van der Waals surface area contributed by atoms with Gasteiger partial charge in [-0.1, -0.05) is 18.7 Å². The van der Waals surface area contributed by atoms with Crippen LogP contribution in [0.1, 0.15) is 25.5 Å². The molecule has 0 saturated carbocycles. The fraction of sp³-hybridized carbons (Fsp3) is 0.529. The standard InChI is InChI=1S/C17H24N6O3S/c1-12-5-3-7-22(9-12)16-20-21-17(23(16)10-13-6-4-8-26-13)27-11-14(24)19-15(25)18-2/h4,6,8,12H,3,5,7,9-11H2,1-2H3,(H2,18,19,24,25)/t12-/m1/s1. The highest BCUT2D eigenvalue weighted by molar-refractivity contribution is 7.99. The van der Waals surface area contributed by atoms with Crippen molar-refractivity contribution in [2.45, 2.75) is 31.5 Å². The summed E-state index contributed by atoms with van der Waals surface area (Å²) < 4.78 is 7.45. The van der Waals surface area contributed by atoms with Crippen LogP contribution < -0.4 is 15.5 Å². The van der Waals surface area contributed by atoms with E-state index < -0.39 is 6.03 Å². The smallest absolute Gasteiger partial charge is 0.321 e. The van der Waals surface area contributed by atoms with E-state index in [4.69, 9.17) is 4.42 Å². The Morgan fingerprint density at radius 2 is 2.26 bits per heavy atom. The number of imide groups is 1. The van der Waals surface area contributed by atoms with Gasteiger partial charge in [0.15, 0.2) is 5.16 Å². The van der Waals surface area contributed by atoms with Crippen LogP contribution in [0.3, 0.4) is 0 Å². The van der Waals surface area contributed by atoms with Crippen molar-refractivity contribution in [2.75, 3.05) is 30.8 Å². The molecule has 2 N–H and O–H groups in total. The lowest BCUT2D eigenvalue weighted by atomic mass is 10.0. The SMILES string of the molecule is CNC(=O)NC(=O)CSc1nnc(N2CCC[C@@H](C)C2)n1Cc1ccco1. The van der Waals surface area contributed by atoms with E-state index in [-0.39, 0.29) is 11.7 Å². The van der Waals surface area contributed by atoms with E-state index in [0.29, 0.717) is 17.6 Å². The third-order valence-corrected chi connectivity index (χ3v) is 5.31. The van der Waals surface area contributed by atoms with Gasteiger partial charge in [0.25, 0.3) is 0 Å². The molecule has 9 nitrogen and oxygen atoms in total. The molecule has 3 rings (SSSR count). The van der Waals surface area contributed by atoms with Crippen LogP contribution in [-0.4, -0.2) is 52.6 Å². The van der Waals surface area contributed by atoms with Crippen LogP contribution in [0, 0.1) is 5.92 Å². The van der Waals surface area contributed by atoms with E-state index in [9.17, 15) is 9.59 Å². The average Bonchev–Trinajstić information content (AvgIpc) is 3.30. The zero-order valence-electron chi connectivity index (χ0n) is 15.5. The monoisotopic (exact) mass is 392 g/mol. The van der Waals surface area contributed by atoms with Gasteiger partial charge in [-0.3, -0.25) is 14.7 Å². The van der Waals surface area contributed by atoms with Crippen molar-refractivity contribution in [2.24, 2.45) is 5.92 Å². The Bertz CT molecular complexity index is 776. The molecule has 3 heterocycles. The lowest BCUT2D eigenvalue weighted by molar-refractivity contribution is -0.117. The van der Waals surface area contributed by atoms with Crippen molar-refractivity contribution >= 4 is 29.6 Å². The minimum Gasteiger partial charge on any atom is -0.467 e. The predicted molar refractivity (Wildman–Crippen MR) is 102 cm³/mol. The Morgan fingerprint density at radius 3 is 2.96 bits per heavy atom. The number of hydrogen-bond donors (Lipinski definition) is 2. The third-order valence-electron chi connectivity index (χ3n) is 4.34. The highest BCUT2D eigenvalue weighted by Gasteiger charge is 2.24. The van der Waals surface area contributed by atoms with E-state index >= 15 is 0 Å². The molecule has 1 aliphatic rings. The summed E-state index contributed by atoms with van der Waals surface area (Å²) in [5.41, 5.74) is 0. The summed E-state index contributed by atoms with van der Waals surface area (Å²) in [4.78, 5) is 25.4. The van der Waals surface area contributed by atoms with Crippen LogP contribution in [0.2, 0.25) is 0 Å². The molecule has 27 heavy (non-hydrogen) atoms. The summed E-state index contributed by atoms with van der Waals surface area (Å²) in [6.45, 7) is 4.58. The number of rotatable bonds is 6. The Morgan fingerprint density at radius 1 is 1.41 bits per heavy atom. The van der Waals surface area contributed by atoms with Crippen molar-refractivity contribution in [1.82, 2.24) is 25.4 Å². The number of thioether (sulfide) groups is 1. The summed E-state index contributed by atoms with van der Waals surface area (Å²) in [7, 11) is 1.46. The molecule has 1 aliphatic heterocycles. The molecule has 0 bridgehead atoms. The Hall–Kier alpha value is -2.49. The number of nitrogens with one attached hydrogen (secondary N) is 2. The number of aromatic nitrogens is 3. The largest absolute Gasteiger partial charge is 0.467 e. The minimum absolute atomic E-state index is 0.0696. The molecule has 0 unspecified atom stereocenters. The number of carbonyl (C=O) groups excluding carboxylic acids is 2. The third kappa shape index (κ3) is 5.03. The van der Waals surface area contributed by atoms with Gasteiger partial charge in [0.1, 0.15) is 5.76 Å². The van der Waals surface area contributed by atoms with E-state index in [0.717, 1.165) is 31.2 Å². The van der Waals surface area contributed by atoms with Crippen molar-refractivity contribution < 1.29 is 14.0 Å². The molecule has 0 aliphatic carbocycles. The molecular formula is C17H24N6O3S. The summed E-state index contributed by atoms with van der Waals surface area (Å²) in [5.74, 6) is 1.85. The maximum absolute atomic E-state index is 11.9. The normalized spacial score (nSPS) is 17.0. The second-order valence-corrected chi connectivity index (χ2v) is 7.50. The van der Waals surface area contributed by atoms with Crippen molar-refractivity contribution in [3.05, 3.63) is 24.2 Å². The molecular weight excluding hydrogens is 368 g/mol. The fourth-order valence-corrected chi connectivity index (χ4v) is 3.78. The second-order valence-electron chi connectivity index (χ2n) is 6.56. The van der Waals surface area contributed by atoms with Crippen LogP contribution in [0.5, 0.6) is 0 Å². The number of carbonyl (C=O) groups is 2. The van der Waals surface area contributed by atoms with Gasteiger partial charge >= 0.3 is 6.03 Å². The second kappa shape index (κ2) is 8.94. The molecule has 3 amide bonds. The van der Waals surface area contributed by atoms with Gasteiger partial charge in [-0.25, -0.2) is 4.79 Å². The zero-order valence-corrected chi connectivity index (χ0v) is 16.3. The van der Waals surface area contributed by atoms with Gasteiger partial charge in [0.05, 0.1) is 18.6 Å². The summed E-state index contributed by atoms with van der Waals surface area (Å²) >= 11 is 1.24. The van der Waals surface area contributed by atoms with Crippen LogP contribution >= 0.6 is 11.8 Å². The maximum atomic E-state index is 11.9. The maximum Gasteiger partial charge on any atom is 0.321 e. The van der Waals surface area contributed by atoms with E-state index in [2.05, 4.69) is 32.7 Å². The predicted octanol–water partition coefficient (Wildman–Crippen LogP) is 1.70. The average molecular weight is 392 g/mol. The number of furan rings is 1. The molecule has 2 aromatic heterocycles. The highest BCUT2D eigenvalue weighted by Crippen LogP contribution is 2.27. The molecule has 1 atom stereocenters. The first-order valence-corrected chi connectivity index (χ1v) is 9.90. The molecule has 1 fully saturated rings. The van der Waals surface area contributed by atoms with Crippen molar-refractivity contribution in [3.63, 3.8) is 0 Å². The molecule has 0 radical (unpaired) electrons. The van der Waals surface area contributed by atoms with Crippen LogP contribution in [0.4, 0.5) is 10.7 Å². The van der Waals surface area contributed by atoms with Gasteiger partial charge in [-0.15, -0.1) is 10.2 Å². The topological polar surface area (TPSA) is 105 Å². The quantitative estimate of drug-likeness (QED) is 0.721. The van der Waals surface area contributed by atoms with Crippen LogP contribution in [-0.2, 0) is 11.3 Å². The number of urea groups is 1. The Labute approximate surface area is 161 Å². The van der Waals surface area contributed by atoms with Gasteiger partial charge < -0.3 is 14.6 Å². The van der Waals surface area contributed by atoms with Gasteiger partial charge in [0, 0.05) is 20.1 Å². The molecule has 10 heteroatoms. The van der Waals surface area contributed by atoms with Crippen molar-refractivity contribution in [3.8, 4) is 0 Å². The first kappa shape index (κ1) is 19.3. The van der Waals surface area contributed by atoms with Crippen LogP contribution in [0.25, 0.3) is 0 Å². The zero-order chi connectivity index (χ0) is 19.2. The molecule has 0 aromatic carbocycles. The Balaban J connectivity index is 1.76. The molecule has 0 spiro atoms. The van der Waals surface area contributed by atoms with E-state index in [1.165, 1.54) is 25.2 Å². The summed E-state index contributed by atoms with van der Waals surface area (Å²) in [5, 5.41) is 13.9. The van der Waals surface area contributed by atoms with E-state index in [1.54, 1.807) is 6.26 Å².